The Morgan fingerprint density at radius 3 is 1.20 bits per heavy atom. The molecule has 0 aromatic heterocycles. The predicted octanol–water partition coefficient (Wildman–Crippen LogP) is -4.95. The second kappa shape index (κ2) is 17.8. The minimum Gasteiger partial charge on any atom is -0.544 e. The SMILES string of the molecule is Cl.[Na+].[O-][Cl+][O-]. The molecular weight excluding hydrogens is 126 g/mol. The fourth-order valence-electron chi connectivity index (χ4n) is 0. The molecule has 0 saturated heterocycles. The standard InChI is InChI=1S/ClO2.ClH.Na/c2-1-3;;/h;1H;/q-1;;+1. The first kappa shape index (κ1) is 16.1. The van der Waals surface area contributed by atoms with Gasteiger partial charge in [0, 0.05) is 0 Å². The summed E-state index contributed by atoms with van der Waals surface area (Å²) in [5.41, 5.74) is 0. The monoisotopic (exact) mass is 126 g/mol. The molecule has 0 fully saturated rings. The summed E-state index contributed by atoms with van der Waals surface area (Å²) in [7, 11) is 0. The Hall–Kier alpha value is 1.50. The maximum Gasteiger partial charge on any atom is 1.00 e. The van der Waals surface area contributed by atoms with Crippen molar-refractivity contribution in [1.82, 2.24) is 0 Å². The Morgan fingerprint density at radius 2 is 1.20 bits per heavy atom. The van der Waals surface area contributed by atoms with Crippen molar-refractivity contribution in [2.45, 2.75) is 0 Å². The molecule has 0 unspecified atom stereocenters. The molecule has 0 heterocycles. The van der Waals surface area contributed by atoms with E-state index in [1.165, 1.54) is 0 Å². The summed E-state index contributed by atoms with van der Waals surface area (Å²) in [6, 6.07) is 0. The minimum atomic E-state index is -0.417. The molecule has 0 bridgehead atoms. The van der Waals surface area contributed by atoms with Crippen molar-refractivity contribution in [3.8, 4) is 0 Å². The molecule has 0 aliphatic carbocycles. The van der Waals surface area contributed by atoms with Crippen LogP contribution < -0.4 is 38.9 Å². The number of hydrogen-bond acceptors (Lipinski definition) is 2. The molecule has 5 heteroatoms. The molecule has 0 radical (unpaired) electrons. The van der Waals surface area contributed by atoms with Crippen molar-refractivity contribution in [3.05, 3.63) is 0 Å². The predicted molar refractivity (Wildman–Crippen MR) is 7.25 cm³/mol. The van der Waals surface area contributed by atoms with Crippen LogP contribution >= 0.6 is 12.4 Å². The van der Waals surface area contributed by atoms with Gasteiger partial charge in [0.2, 0.25) is 0 Å². The Labute approximate surface area is 62.3 Å². The molecule has 0 aliphatic rings. The van der Waals surface area contributed by atoms with Crippen molar-refractivity contribution in [2.75, 3.05) is 0 Å². The summed E-state index contributed by atoms with van der Waals surface area (Å²) in [4.78, 5) is 0. The summed E-state index contributed by atoms with van der Waals surface area (Å²) in [5, 5.41) is 0. The van der Waals surface area contributed by atoms with E-state index in [4.69, 9.17) is 9.32 Å². The van der Waals surface area contributed by atoms with Crippen molar-refractivity contribution in [2.24, 2.45) is 0 Å². The third-order valence-electron chi connectivity index (χ3n) is 0. The van der Waals surface area contributed by atoms with Crippen molar-refractivity contribution < 1.29 is 50.2 Å². The van der Waals surface area contributed by atoms with Gasteiger partial charge in [-0.25, -0.2) is 0 Å². The van der Waals surface area contributed by atoms with Gasteiger partial charge in [0.25, 0.3) is 0 Å². The van der Waals surface area contributed by atoms with E-state index in [9.17, 15) is 0 Å². The first-order valence-electron chi connectivity index (χ1n) is 0.309. The fraction of sp³-hybridized carbons (Fsp3) is 0. The molecular formula is HCl2NaO2. The summed E-state index contributed by atoms with van der Waals surface area (Å²) >= 11 is -0.417. The Balaban J connectivity index is -0.0000000200. The van der Waals surface area contributed by atoms with Crippen molar-refractivity contribution in [1.29, 1.82) is 0 Å². The maximum atomic E-state index is 8.24. The molecule has 2 nitrogen and oxygen atoms in total. The third-order valence-corrected chi connectivity index (χ3v) is 0. The zero-order valence-corrected chi connectivity index (χ0v) is 6.18. The summed E-state index contributed by atoms with van der Waals surface area (Å²) < 4.78 is 16.5. The second-order valence-corrected chi connectivity index (χ2v) is 0.189. The third kappa shape index (κ3) is 29.9. The zero-order chi connectivity index (χ0) is 2.71. The van der Waals surface area contributed by atoms with E-state index < -0.39 is 11.3 Å². The van der Waals surface area contributed by atoms with Crippen LogP contribution in [0.5, 0.6) is 0 Å². The van der Waals surface area contributed by atoms with E-state index in [1.54, 1.807) is 0 Å². The van der Waals surface area contributed by atoms with E-state index in [1.807, 2.05) is 0 Å². The van der Waals surface area contributed by atoms with E-state index in [2.05, 4.69) is 0 Å². The van der Waals surface area contributed by atoms with Gasteiger partial charge >= 0.3 is 29.6 Å². The van der Waals surface area contributed by atoms with E-state index in [0.29, 0.717) is 0 Å². The van der Waals surface area contributed by atoms with Gasteiger partial charge in [-0.1, -0.05) is 0 Å². The molecule has 0 aromatic carbocycles. The normalized spacial score (nSPS) is 3.60. The van der Waals surface area contributed by atoms with Crippen LogP contribution in [0.2, 0.25) is 0 Å². The van der Waals surface area contributed by atoms with Crippen LogP contribution in [0, 0.1) is 11.3 Å². The van der Waals surface area contributed by atoms with Gasteiger partial charge in [0.15, 0.2) is 0 Å². The molecule has 0 aliphatic heterocycles. The number of rotatable bonds is 0. The Morgan fingerprint density at radius 1 is 1.20 bits per heavy atom. The molecule has 28 valence electrons. The largest absolute Gasteiger partial charge is 1.00 e. The summed E-state index contributed by atoms with van der Waals surface area (Å²) in [5.74, 6) is 0. The van der Waals surface area contributed by atoms with Crippen LogP contribution in [0.3, 0.4) is 0 Å². The van der Waals surface area contributed by atoms with E-state index >= 15 is 0 Å². The molecule has 0 amide bonds. The summed E-state index contributed by atoms with van der Waals surface area (Å²) in [6.07, 6.45) is 0. The van der Waals surface area contributed by atoms with Crippen molar-refractivity contribution in [3.63, 3.8) is 0 Å². The Bertz CT molecular complexity index is 7.61. The number of halogens is 2. The fourth-order valence-corrected chi connectivity index (χ4v) is 0. The second-order valence-electron chi connectivity index (χ2n) is 0.0630. The van der Waals surface area contributed by atoms with Crippen molar-refractivity contribution >= 4 is 12.4 Å². The van der Waals surface area contributed by atoms with Crippen LogP contribution in [0.4, 0.5) is 0 Å². The number of hydrogen-bond donors (Lipinski definition) is 0. The van der Waals surface area contributed by atoms with Crippen LogP contribution in [0.15, 0.2) is 0 Å². The van der Waals surface area contributed by atoms with Gasteiger partial charge in [0.1, 0.15) is 0 Å². The first-order valence-corrected chi connectivity index (χ1v) is 0.926. The maximum absolute atomic E-state index is 8.24. The summed E-state index contributed by atoms with van der Waals surface area (Å²) in [6.45, 7) is 0. The smallest absolute Gasteiger partial charge is 0.544 e. The van der Waals surface area contributed by atoms with Crippen LogP contribution in [0.1, 0.15) is 0 Å². The quantitative estimate of drug-likeness (QED) is 0.306. The average molecular weight is 127 g/mol. The molecule has 0 N–H and O–H groups in total. The van der Waals surface area contributed by atoms with Gasteiger partial charge < -0.3 is 9.32 Å². The topological polar surface area (TPSA) is 46.1 Å². The zero-order valence-electron chi connectivity index (χ0n) is 2.60. The molecule has 0 spiro atoms. The average Bonchev–Trinajstić information content (AvgIpc) is 0.918. The van der Waals surface area contributed by atoms with Gasteiger partial charge in [0.05, 0.1) is 11.3 Å². The van der Waals surface area contributed by atoms with Gasteiger partial charge in [-0.2, -0.15) is 0 Å². The molecule has 0 aromatic rings. The van der Waals surface area contributed by atoms with Crippen LogP contribution in [0.25, 0.3) is 0 Å². The van der Waals surface area contributed by atoms with E-state index in [-0.39, 0.29) is 42.0 Å². The van der Waals surface area contributed by atoms with Crippen LogP contribution in [-0.2, 0) is 0 Å². The van der Waals surface area contributed by atoms with E-state index in [0.717, 1.165) is 0 Å². The van der Waals surface area contributed by atoms with Gasteiger partial charge in [-0.3, -0.25) is 0 Å². The molecule has 0 saturated carbocycles. The molecule has 5 heavy (non-hydrogen) atoms. The van der Waals surface area contributed by atoms with Crippen LogP contribution in [-0.4, -0.2) is 0 Å². The molecule has 0 atom stereocenters. The van der Waals surface area contributed by atoms with Gasteiger partial charge in [-0.05, 0) is 0 Å². The van der Waals surface area contributed by atoms with Gasteiger partial charge in [-0.15, -0.1) is 12.4 Å². The first-order chi connectivity index (χ1) is 1.41. The molecule has 0 rings (SSSR count). The minimum absolute atomic E-state index is 0. The Kier molecular flexibility index (Phi) is 57.2.